The van der Waals surface area contributed by atoms with Crippen molar-refractivity contribution in [3.8, 4) is 5.75 Å². The third-order valence-corrected chi connectivity index (χ3v) is 6.63. The summed E-state index contributed by atoms with van der Waals surface area (Å²) >= 11 is 6.16. The number of sulfonamides is 1. The summed E-state index contributed by atoms with van der Waals surface area (Å²) in [6.45, 7) is 3.22. The summed E-state index contributed by atoms with van der Waals surface area (Å²) in [6.07, 6.45) is 0. The third-order valence-electron chi connectivity index (χ3n) is 4.27. The van der Waals surface area contributed by atoms with Crippen molar-refractivity contribution < 1.29 is 17.9 Å². The van der Waals surface area contributed by atoms with Crippen LogP contribution in [-0.4, -0.2) is 20.9 Å². The number of hydrogen-bond acceptors (Lipinski definition) is 4. The second-order valence-electron chi connectivity index (χ2n) is 6.47. The van der Waals surface area contributed by atoms with Crippen LogP contribution in [0.3, 0.4) is 0 Å². The lowest BCUT2D eigenvalue weighted by atomic mass is 10.1. The zero-order chi connectivity index (χ0) is 21.0. The molecule has 0 bridgehead atoms. The fourth-order valence-corrected chi connectivity index (χ4v) is 4.41. The van der Waals surface area contributed by atoms with Crippen LogP contribution in [0, 0.1) is 13.8 Å². The predicted molar refractivity (Wildman–Crippen MR) is 114 cm³/mol. The first-order valence-corrected chi connectivity index (χ1v) is 10.7. The standard InChI is InChI=1S/C22H20ClNO4S/c1-16-13-19(14-17(2)22(16)23)28-15-21(25)24(18-9-5-3-6-10-18)29(26,27)20-11-7-4-8-12-20/h3-14H,15H2,1-2H3. The van der Waals surface area contributed by atoms with Gasteiger partial charge in [0.2, 0.25) is 0 Å². The number of halogens is 1. The van der Waals surface area contributed by atoms with Crippen LogP contribution in [0.2, 0.25) is 5.02 Å². The molecule has 0 heterocycles. The normalized spacial score (nSPS) is 11.1. The molecule has 0 aliphatic heterocycles. The van der Waals surface area contributed by atoms with E-state index in [0.717, 1.165) is 15.4 Å². The topological polar surface area (TPSA) is 63.7 Å². The number of aryl methyl sites for hydroxylation is 2. The molecule has 0 aliphatic carbocycles. The first kappa shape index (κ1) is 20.9. The Balaban J connectivity index is 1.92. The van der Waals surface area contributed by atoms with Crippen LogP contribution in [0.15, 0.2) is 77.7 Å². The Morgan fingerprint density at radius 2 is 1.45 bits per heavy atom. The minimum atomic E-state index is -4.10. The van der Waals surface area contributed by atoms with Gasteiger partial charge in [-0.1, -0.05) is 48.0 Å². The lowest BCUT2D eigenvalue weighted by molar-refractivity contribution is -0.119. The van der Waals surface area contributed by atoms with E-state index < -0.39 is 22.5 Å². The van der Waals surface area contributed by atoms with Crippen LogP contribution < -0.4 is 9.04 Å². The quantitative estimate of drug-likeness (QED) is 0.566. The lowest BCUT2D eigenvalue weighted by Gasteiger charge is -2.23. The molecule has 0 spiro atoms. The second-order valence-corrected chi connectivity index (χ2v) is 8.64. The summed E-state index contributed by atoms with van der Waals surface area (Å²) in [4.78, 5) is 13.0. The van der Waals surface area contributed by atoms with Gasteiger partial charge >= 0.3 is 0 Å². The number of rotatable bonds is 6. The van der Waals surface area contributed by atoms with Crippen molar-refractivity contribution >= 4 is 33.2 Å². The molecule has 0 aromatic heterocycles. The van der Waals surface area contributed by atoms with Crippen LogP contribution >= 0.6 is 11.6 Å². The largest absolute Gasteiger partial charge is 0.484 e. The Morgan fingerprint density at radius 3 is 2.00 bits per heavy atom. The van der Waals surface area contributed by atoms with Crippen LogP contribution in [-0.2, 0) is 14.8 Å². The van der Waals surface area contributed by atoms with E-state index in [4.69, 9.17) is 16.3 Å². The third kappa shape index (κ3) is 4.60. The zero-order valence-corrected chi connectivity index (χ0v) is 17.6. The molecule has 0 saturated carbocycles. The molecule has 0 aliphatic rings. The summed E-state index contributed by atoms with van der Waals surface area (Å²) in [5.74, 6) is -0.256. The highest BCUT2D eigenvalue weighted by Crippen LogP contribution is 2.27. The molecule has 5 nitrogen and oxygen atoms in total. The Morgan fingerprint density at radius 1 is 0.931 bits per heavy atom. The molecule has 0 unspecified atom stereocenters. The molecular formula is C22H20ClNO4S. The maximum Gasteiger partial charge on any atom is 0.278 e. The van der Waals surface area contributed by atoms with Crippen molar-refractivity contribution in [2.75, 3.05) is 10.9 Å². The maximum absolute atomic E-state index is 13.2. The molecule has 0 radical (unpaired) electrons. The van der Waals surface area contributed by atoms with E-state index in [0.29, 0.717) is 10.8 Å². The molecule has 0 atom stereocenters. The molecule has 3 rings (SSSR count). The number of carbonyl (C=O) groups is 1. The molecule has 3 aromatic carbocycles. The number of para-hydroxylation sites is 1. The maximum atomic E-state index is 13.2. The summed E-state index contributed by atoms with van der Waals surface area (Å²) in [6, 6.07) is 19.5. The zero-order valence-electron chi connectivity index (χ0n) is 16.0. The minimum Gasteiger partial charge on any atom is -0.484 e. The van der Waals surface area contributed by atoms with E-state index in [1.165, 1.54) is 12.1 Å². The first-order chi connectivity index (χ1) is 13.8. The molecule has 7 heteroatoms. The SMILES string of the molecule is Cc1cc(OCC(=O)N(c2ccccc2)S(=O)(=O)c2ccccc2)cc(C)c1Cl. The van der Waals surface area contributed by atoms with E-state index in [1.54, 1.807) is 60.7 Å². The van der Waals surface area contributed by atoms with Gasteiger partial charge in [-0.3, -0.25) is 4.79 Å². The van der Waals surface area contributed by atoms with Gasteiger partial charge in [0.05, 0.1) is 10.6 Å². The van der Waals surface area contributed by atoms with E-state index in [2.05, 4.69) is 0 Å². The van der Waals surface area contributed by atoms with Crippen LogP contribution in [0.5, 0.6) is 5.75 Å². The van der Waals surface area contributed by atoms with Crippen molar-refractivity contribution in [1.29, 1.82) is 0 Å². The monoisotopic (exact) mass is 429 g/mol. The van der Waals surface area contributed by atoms with Crippen molar-refractivity contribution in [3.63, 3.8) is 0 Å². The molecule has 1 amide bonds. The number of ether oxygens (including phenoxy) is 1. The Labute approximate surface area is 175 Å². The van der Waals surface area contributed by atoms with Gasteiger partial charge in [0.1, 0.15) is 5.75 Å². The number of benzene rings is 3. The minimum absolute atomic E-state index is 0.0235. The first-order valence-electron chi connectivity index (χ1n) is 8.88. The fourth-order valence-electron chi connectivity index (χ4n) is 2.87. The summed E-state index contributed by atoms with van der Waals surface area (Å²) in [7, 11) is -4.10. The van der Waals surface area contributed by atoms with Crippen molar-refractivity contribution in [3.05, 3.63) is 88.9 Å². The molecule has 0 N–H and O–H groups in total. The van der Waals surface area contributed by atoms with Crippen LogP contribution in [0.25, 0.3) is 0 Å². The highest BCUT2D eigenvalue weighted by atomic mass is 35.5. The highest BCUT2D eigenvalue weighted by molar-refractivity contribution is 7.93. The number of amides is 1. The van der Waals surface area contributed by atoms with Crippen LogP contribution in [0.4, 0.5) is 5.69 Å². The molecule has 0 fully saturated rings. The van der Waals surface area contributed by atoms with E-state index in [1.807, 2.05) is 13.8 Å². The second kappa shape index (κ2) is 8.68. The molecule has 150 valence electrons. The van der Waals surface area contributed by atoms with Gasteiger partial charge in [-0.2, -0.15) is 4.31 Å². The molecule has 0 saturated heterocycles. The van der Waals surface area contributed by atoms with Crippen molar-refractivity contribution in [2.24, 2.45) is 0 Å². The van der Waals surface area contributed by atoms with Gasteiger partial charge in [-0.15, -0.1) is 0 Å². The van der Waals surface area contributed by atoms with Crippen molar-refractivity contribution in [1.82, 2.24) is 0 Å². The number of anilines is 1. The van der Waals surface area contributed by atoms with Gasteiger partial charge in [-0.05, 0) is 61.4 Å². The van der Waals surface area contributed by atoms with Gasteiger partial charge in [-0.25, -0.2) is 8.42 Å². The summed E-state index contributed by atoms with van der Waals surface area (Å²) in [5, 5.41) is 0.626. The summed E-state index contributed by atoms with van der Waals surface area (Å²) < 4.78 is 32.7. The smallest absolute Gasteiger partial charge is 0.278 e. The van der Waals surface area contributed by atoms with Crippen LogP contribution in [0.1, 0.15) is 11.1 Å². The average Bonchev–Trinajstić information content (AvgIpc) is 2.72. The highest BCUT2D eigenvalue weighted by Gasteiger charge is 2.31. The van der Waals surface area contributed by atoms with Gasteiger partial charge in [0, 0.05) is 5.02 Å². The Hall–Kier alpha value is -2.83. The lowest BCUT2D eigenvalue weighted by Crippen LogP contribution is -2.40. The molecule has 29 heavy (non-hydrogen) atoms. The van der Waals surface area contributed by atoms with E-state index >= 15 is 0 Å². The van der Waals surface area contributed by atoms with Gasteiger partial charge in [0.15, 0.2) is 6.61 Å². The predicted octanol–water partition coefficient (Wildman–Crippen LogP) is 4.76. The fraction of sp³-hybridized carbons (Fsp3) is 0.136. The average molecular weight is 430 g/mol. The number of nitrogens with zero attached hydrogens (tertiary/aromatic N) is 1. The molecule has 3 aromatic rings. The van der Waals surface area contributed by atoms with Gasteiger partial charge < -0.3 is 4.74 Å². The summed E-state index contributed by atoms with van der Waals surface area (Å²) in [5.41, 5.74) is 1.87. The Kier molecular flexibility index (Phi) is 6.25. The Bertz CT molecular complexity index is 1090. The van der Waals surface area contributed by atoms with E-state index in [-0.39, 0.29) is 10.6 Å². The van der Waals surface area contributed by atoms with Crippen molar-refractivity contribution in [2.45, 2.75) is 18.7 Å². The number of carbonyl (C=O) groups excluding carboxylic acids is 1. The number of hydrogen-bond donors (Lipinski definition) is 0. The van der Waals surface area contributed by atoms with E-state index in [9.17, 15) is 13.2 Å². The molecular weight excluding hydrogens is 410 g/mol. The van der Waals surface area contributed by atoms with Gasteiger partial charge in [0.25, 0.3) is 15.9 Å².